The highest BCUT2D eigenvalue weighted by atomic mass is 127. The van der Waals surface area contributed by atoms with Gasteiger partial charge in [-0.1, -0.05) is 18.2 Å². The highest BCUT2D eigenvalue weighted by molar-refractivity contribution is 14.0. The van der Waals surface area contributed by atoms with E-state index in [9.17, 15) is 0 Å². The van der Waals surface area contributed by atoms with E-state index in [0.29, 0.717) is 17.5 Å². The molecule has 2 rings (SSSR count). The van der Waals surface area contributed by atoms with Crippen LogP contribution in [0, 0.1) is 0 Å². The van der Waals surface area contributed by atoms with Gasteiger partial charge in [-0.2, -0.15) is 0 Å². The fourth-order valence-corrected chi connectivity index (χ4v) is 2.45. The molecule has 0 aliphatic heterocycles. The van der Waals surface area contributed by atoms with E-state index in [1.165, 1.54) is 0 Å². The van der Waals surface area contributed by atoms with E-state index in [0.717, 1.165) is 30.0 Å². The summed E-state index contributed by atoms with van der Waals surface area (Å²) in [6, 6.07) is 13.6. The zero-order valence-corrected chi connectivity index (χ0v) is 17.9. The molecule has 0 aliphatic rings. The highest BCUT2D eigenvalue weighted by Crippen LogP contribution is 2.29. The zero-order chi connectivity index (χ0) is 18.1. The Labute approximate surface area is 172 Å². The van der Waals surface area contributed by atoms with Crippen molar-refractivity contribution in [3.8, 4) is 17.2 Å². The molecule has 0 spiro atoms. The number of methoxy groups -OCH3 is 3. The predicted molar refractivity (Wildman–Crippen MR) is 117 cm³/mol. The Bertz CT molecular complexity index is 723. The molecule has 0 aliphatic carbocycles. The first-order chi connectivity index (χ1) is 12.2. The van der Waals surface area contributed by atoms with E-state index in [1.54, 1.807) is 28.4 Å². The topological polar surface area (TPSA) is 64.1 Å². The summed E-state index contributed by atoms with van der Waals surface area (Å²) in [4.78, 5) is 4.25. The van der Waals surface area contributed by atoms with Crippen LogP contribution in [-0.2, 0) is 6.42 Å². The van der Waals surface area contributed by atoms with Crippen molar-refractivity contribution < 1.29 is 14.2 Å². The van der Waals surface area contributed by atoms with Crippen molar-refractivity contribution >= 4 is 35.6 Å². The number of benzene rings is 2. The fourth-order valence-electron chi connectivity index (χ4n) is 2.45. The molecule has 142 valence electrons. The smallest absolute Gasteiger partial charge is 0.195 e. The van der Waals surface area contributed by atoms with Crippen LogP contribution >= 0.6 is 24.0 Å². The molecular weight excluding hydrogens is 445 g/mol. The van der Waals surface area contributed by atoms with Gasteiger partial charge in [-0.05, 0) is 30.2 Å². The van der Waals surface area contributed by atoms with Crippen LogP contribution in [0.4, 0.5) is 5.69 Å². The lowest BCUT2D eigenvalue weighted by Crippen LogP contribution is -2.32. The second-order valence-corrected chi connectivity index (χ2v) is 5.26. The van der Waals surface area contributed by atoms with Crippen molar-refractivity contribution in [2.75, 3.05) is 40.2 Å². The largest absolute Gasteiger partial charge is 0.496 e. The second-order valence-electron chi connectivity index (χ2n) is 5.26. The Morgan fingerprint density at radius 2 is 1.62 bits per heavy atom. The molecule has 0 saturated heterocycles. The molecule has 0 heterocycles. The van der Waals surface area contributed by atoms with Crippen molar-refractivity contribution in [3.63, 3.8) is 0 Å². The van der Waals surface area contributed by atoms with Gasteiger partial charge in [-0.25, -0.2) is 0 Å². The first-order valence-electron chi connectivity index (χ1n) is 8.03. The molecule has 0 amide bonds. The number of ether oxygens (including phenoxy) is 3. The summed E-state index contributed by atoms with van der Waals surface area (Å²) in [5, 5.41) is 6.54. The molecule has 2 aromatic rings. The highest BCUT2D eigenvalue weighted by Gasteiger charge is 2.07. The minimum absolute atomic E-state index is 0. The number of aliphatic imine (C=N–C) groups is 1. The molecule has 0 atom stereocenters. The number of guanidine groups is 1. The van der Waals surface area contributed by atoms with Crippen molar-refractivity contribution in [3.05, 3.63) is 48.0 Å². The van der Waals surface area contributed by atoms with E-state index >= 15 is 0 Å². The lowest BCUT2D eigenvalue weighted by Gasteiger charge is -2.14. The third kappa shape index (κ3) is 5.98. The molecular formula is C19H26IN3O3. The minimum atomic E-state index is 0. The maximum Gasteiger partial charge on any atom is 0.195 e. The van der Waals surface area contributed by atoms with Gasteiger partial charge >= 0.3 is 0 Å². The normalized spacial score (nSPS) is 10.5. The number of rotatable bonds is 7. The summed E-state index contributed by atoms with van der Waals surface area (Å²) in [6.07, 6.45) is 0.830. The molecule has 0 fully saturated rings. The maximum absolute atomic E-state index is 5.37. The molecule has 0 radical (unpaired) electrons. The number of halogens is 1. The Balaban J connectivity index is 0.00000338. The zero-order valence-electron chi connectivity index (χ0n) is 15.5. The predicted octanol–water partition coefficient (Wildman–Crippen LogP) is 3.56. The monoisotopic (exact) mass is 471 g/mol. The van der Waals surface area contributed by atoms with Crippen LogP contribution in [0.25, 0.3) is 0 Å². The van der Waals surface area contributed by atoms with Gasteiger partial charge in [0.1, 0.15) is 5.75 Å². The number of nitrogens with zero attached hydrogens (tertiary/aromatic N) is 1. The van der Waals surface area contributed by atoms with Crippen molar-refractivity contribution in [1.29, 1.82) is 0 Å². The van der Waals surface area contributed by atoms with Gasteiger partial charge in [0.25, 0.3) is 0 Å². The number of para-hydroxylation sites is 1. The average molecular weight is 471 g/mol. The molecule has 2 N–H and O–H groups in total. The first kappa shape index (κ1) is 21.9. The van der Waals surface area contributed by atoms with Gasteiger partial charge in [0.15, 0.2) is 17.5 Å². The summed E-state index contributed by atoms with van der Waals surface area (Å²) < 4.78 is 15.9. The van der Waals surface area contributed by atoms with Crippen LogP contribution in [0.1, 0.15) is 5.56 Å². The number of hydrogen-bond acceptors (Lipinski definition) is 4. The van der Waals surface area contributed by atoms with E-state index in [2.05, 4.69) is 21.7 Å². The standard InChI is InChI=1S/C19H25N3O3.HI/c1-20-19(21-12-11-14-7-5-6-8-16(14)23-2)22-15-9-10-17(24-3)18(13-15)25-4;/h5-10,13H,11-12H2,1-4H3,(H2,20,21,22);1H. The third-order valence-corrected chi connectivity index (χ3v) is 3.75. The van der Waals surface area contributed by atoms with Gasteiger partial charge in [0.05, 0.1) is 21.3 Å². The molecule has 0 saturated carbocycles. The van der Waals surface area contributed by atoms with Crippen LogP contribution in [0.3, 0.4) is 0 Å². The van der Waals surface area contributed by atoms with Gasteiger partial charge < -0.3 is 24.8 Å². The Morgan fingerprint density at radius 3 is 2.27 bits per heavy atom. The lowest BCUT2D eigenvalue weighted by molar-refractivity contribution is 0.355. The number of nitrogens with one attached hydrogen (secondary N) is 2. The Morgan fingerprint density at radius 1 is 0.923 bits per heavy atom. The first-order valence-corrected chi connectivity index (χ1v) is 8.03. The van der Waals surface area contributed by atoms with Crippen LogP contribution < -0.4 is 24.8 Å². The average Bonchev–Trinajstić information content (AvgIpc) is 2.67. The molecule has 26 heavy (non-hydrogen) atoms. The quantitative estimate of drug-likeness (QED) is 0.368. The number of hydrogen-bond donors (Lipinski definition) is 2. The maximum atomic E-state index is 5.37. The molecule has 7 heteroatoms. The second kappa shape index (κ2) is 11.5. The molecule has 2 aromatic carbocycles. The van der Waals surface area contributed by atoms with Gasteiger partial charge in [-0.15, -0.1) is 24.0 Å². The van der Waals surface area contributed by atoms with Crippen LogP contribution in [0.2, 0.25) is 0 Å². The van der Waals surface area contributed by atoms with E-state index in [4.69, 9.17) is 14.2 Å². The summed E-state index contributed by atoms with van der Waals surface area (Å²) >= 11 is 0. The van der Waals surface area contributed by atoms with Gasteiger partial charge in [-0.3, -0.25) is 4.99 Å². The lowest BCUT2D eigenvalue weighted by atomic mass is 10.1. The molecule has 0 aromatic heterocycles. The van der Waals surface area contributed by atoms with Crippen LogP contribution in [0.5, 0.6) is 17.2 Å². The van der Waals surface area contributed by atoms with E-state index < -0.39 is 0 Å². The van der Waals surface area contributed by atoms with Gasteiger partial charge in [0.2, 0.25) is 0 Å². The molecule has 0 bridgehead atoms. The fraction of sp³-hybridized carbons (Fsp3) is 0.316. The van der Waals surface area contributed by atoms with Crippen molar-refractivity contribution in [2.45, 2.75) is 6.42 Å². The molecule has 6 nitrogen and oxygen atoms in total. The van der Waals surface area contributed by atoms with Crippen LogP contribution in [0.15, 0.2) is 47.5 Å². The summed E-state index contributed by atoms with van der Waals surface area (Å²) in [5.41, 5.74) is 2.02. The SMILES string of the molecule is CN=C(NCCc1ccccc1OC)Nc1ccc(OC)c(OC)c1.I. The summed E-state index contributed by atoms with van der Waals surface area (Å²) in [6.45, 7) is 0.730. The van der Waals surface area contributed by atoms with Crippen molar-refractivity contribution in [2.24, 2.45) is 4.99 Å². The Kier molecular flexibility index (Phi) is 9.64. The van der Waals surface area contributed by atoms with E-state index in [1.807, 2.05) is 36.4 Å². The minimum Gasteiger partial charge on any atom is -0.496 e. The van der Waals surface area contributed by atoms with Crippen LogP contribution in [-0.4, -0.2) is 40.9 Å². The van der Waals surface area contributed by atoms with E-state index in [-0.39, 0.29) is 24.0 Å². The molecule has 0 unspecified atom stereocenters. The van der Waals surface area contributed by atoms with Gasteiger partial charge in [0, 0.05) is 25.3 Å². The summed E-state index contributed by atoms with van der Waals surface area (Å²) in [7, 11) is 6.65. The third-order valence-electron chi connectivity index (χ3n) is 3.75. The Hall–Kier alpha value is -2.16. The summed E-state index contributed by atoms with van der Waals surface area (Å²) in [5.74, 6) is 2.93. The number of anilines is 1. The van der Waals surface area contributed by atoms with Crippen molar-refractivity contribution in [1.82, 2.24) is 5.32 Å².